The van der Waals surface area contributed by atoms with Crippen molar-refractivity contribution in [1.29, 1.82) is 0 Å². The van der Waals surface area contributed by atoms with E-state index in [9.17, 15) is 13.2 Å². The lowest BCUT2D eigenvalue weighted by Gasteiger charge is -2.26. The molecule has 21 heavy (non-hydrogen) atoms. The van der Waals surface area contributed by atoms with Gasteiger partial charge in [-0.1, -0.05) is 17.7 Å². The summed E-state index contributed by atoms with van der Waals surface area (Å²) in [5.41, 5.74) is 0.507. The molecule has 1 aromatic carbocycles. The number of halogens is 1. The zero-order valence-electron chi connectivity index (χ0n) is 11.7. The Bertz CT molecular complexity index is 604. The van der Waals surface area contributed by atoms with Gasteiger partial charge in [0.15, 0.2) is 0 Å². The number of rotatable bonds is 5. The molecule has 0 radical (unpaired) electrons. The van der Waals surface area contributed by atoms with Crippen molar-refractivity contribution < 1.29 is 13.2 Å². The zero-order chi connectivity index (χ0) is 15.3. The van der Waals surface area contributed by atoms with E-state index >= 15 is 0 Å². The summed E-state index contributed by atoms with van der Waals surface area (Å²) in [4.78, 5) is 11.9. The van der Waals surface area contributed by atoms with Crippen LogP contribution in [0.4, 0.5) is 0 Å². The minimum absolute atomic E-state index is 0.195. The molecule has 1 saturated heterocycles. The molecule has 1 aliphatic heterocycles. The molecule has 1 N–H and O–H groups in total. The Balaban J connectivity index is 1.76. The summed E-state index contributed by atoms with van der Waals surface area (Å²) in [6.45, 7) is 1.49. The molecule has 0 aromatic heterocycles. The van der Waals surface area contributed by atoms with Gasteiger partial charge in [-0.05, 0) is 37.5 Å². The maximum Gasteiger partial charge on any atom is 0.251 e. The number of benzene rings is 1. The van der Waals surface area contributed by atoms with Gasteiger partial charge >= 0.3 is 0 Å². The fraction of sp³-hybridized carbons (Fsp3) is 0.500. The van der Waals surface area contributed by atoms with Gasteiger partial charge in [0, 0.05) is 30.2 Å². The van der Waals surface area contributed by atoms with Crippen LogP contribution in [-0.4, -0.2) is 44.0 Å². The molecule has 1 aliphatic rings. The van der Waals surface area contributed by atoms with Gasteiger partial charge in [0.25, 0.3) is 5.91 Å². The zero-order valence-corrected chi connectivity index (χ0v) is 13.3. The number of sulfonamides is 1. The van der Waals surface area contributed by atoms with E-state index in [0.29, 0.717) is 36.6 Å². The summed E-state index contributed by atoms with van der Waals surface area (Å²) in [6, 6.07) is 6.72. The van der Waals surface area contributed by atoms with Crippen LogP contribution in [0.25, 0.3) is 0 Å². The van der Waals surface area contributed by atoms with Crippen LogP contribution >= 0.6 is 11.6 Å². The molecular weight excluding hydrogens is 312 g/mol. The summed E-state index contributed by atoms with van der Waals surface area (Å²) in [5, 5.41) is 3.29. The van der Waals surface area contributed by atoms with Crippen molar-refractivity contribution in [2.45, 2.75) is 19.3 Å². The molecule has 7 heteroatoms. The third-order valence-corrected chi connectivity index (χ3v) is 5.60. The molecule has 0 bridgehead atoms. The number of hydrogen-bond donors (Lipinski definition) is 1. The maximum absolute atomic E-state index is 11.9. The molecule has 1 amide bonds. The van der Waals surface area contributed by atoms with Crippen LogP contribution in [0.5, 0.6) is 0 Å². The fourth-order valence-corrected chi connectivity index (χ4v) is 4.11. The predicted octanol–water partition coefficient (Wildman–Crippen LogP) is 1.89. The van der Waals surface area contributed by atoms with Crippen LogP contribution in [0.3, 0.4) is 0 Å². The van der Waals surface area contributed by atoms with Gasteiger partial charge in [0.1, 0.15) is 0 Å². The third kappa shape index (κ3) is 4.69. The van der Waals surface area contributed by atoms with Gasteiger partial charge < -0.3 is 5.32 Å². The minimum Gasteiger partial charge on any atom is -0.352 e. The molecule has 2 rings (SSSR count). The highest BCUT2D eigenvalue weighted by molar-refractivity contribution is 7.89. The SMILES string of the molecule is O=C(NCCCN1CCCCS1(=O)=O)c1cccc(Cl)c1. The highest BCUT2D eigenvalue weighted by Crippen LogP contribution is 2.13. The minimum atomic E-state index is -3.08. The van der Waals surface area contributed by atoms with Crippen molar-refractivity contribution in [1.82, 2.24) is 9.62 Å². The van der Waals surface area contributed by atoms with Gasteiger partial charge in [-0.3, -0.25) is 4.79 Å². The Morgan fingerprint density at radius 1 is 1.33 bits per heavy atom. The summed E-state index contributed by atoms with van der Waals surface area (Å²) >= 11 is 5.83. The Labute approximate surface area is 130 Å². The van der Waals surface area contributed by atoms with Gasteiger partial charge in [0.2, 0.25) is 10.0 Å². The van der Waals surface area contributed by atoms with Crippen molar-refractivity contribution in [3.8, 4) is 0 Å². The van der Waals surface area contributed by atoms with Gasteiger partial charge in [-0.2, -0.15) is 0 Å². The van der Waals surface area contributed by atoms with Gasteiger partial charge in [-0.25, -0.2) is 12.7 Å². The summed E-state index contributed by atoms with van der Waals surface area (Å²) < 4.78 is 25.1. The molecule has 1 aromatic rings. The molecular formula is C14H19ClN2O3S. The van der Waals surface area contributed by atoms with Crippen molar-refractivity contribution >= 4 is 27.5 Å². The molecule has 0 saturated carbocycles. The van der Waals surface area contributed by atoms with Gasteiger partial charge in [0.05, 0.1) is 5.75 Å². The Hall–Kier alpha value is -1.11. The molecule has 0 atom stereocenters. The van der Waals surface area contributed by atoms with Crippen molar-refractivity contribution in [2.75, 3.05) is 25.4 Å². The van der Waals surface area contributed by atoms with Crippen molar-refractivity contribution in [2.24, 2.45) is 0 Å². The van der Waals surface area contributed by atoms with E-state index in [-0.39, 0.29) is 11.7 Å². The number of hydrogen-bond acceptors (Lipinski definition) is 3. The second kappa shape index (κ2) is 7.24. The largest absolute Gasteiger partial charge is 0.352 e. The van der Waals surface area contributed by atoms with Crippen LogP contribution in [-0.2, 0) is 10.0 Å². The summed E-state index contributed by atoms with van der Waals surface area (Å²) in [5.74, 6) is 0.0426. The van der Waals surface area contributed by atoms with Crippen LogP contribution < -0.4 is 5.32 Å². The highest BCUT2D eigenvalue weighted by atomic mass is 35.5. The number of carbonyl (C=O) groups is 1. The fourth-order valence-electron chi connectivity index (χ4n) is 2.28. The average Bonchev–Trinajstić information content (AvgIpc) is 2.44. The van der Waals surface area contributed by atoms with Crippen molar-refractivity contribution in [3.63, 3.8) is 0 Å². The summed E-state index contributed by atoms with van der Waals surface area (Å²) in [6.07, 6.45) is 2.25. The van der Waals surface area contributed by atoms with Crippen molar-refractivity contribution in [3.05, 3.63) is 34.9 Å². The number of amides is 1. The number of carbonyl (C=O) groups excluding carboxylic acids is 1. The predicted molar refractivity (Wildman–Crippen MR) is 83.0 cm³/mol. The maximum atomic E-state index is 11.9. The first kappa shape index (κ1) is 16.3. The number of nitrogens with zero attached hydrogens (tertiary/aromatic N) is 1. The van der Waals surface area contributed by atoms with Crippen LogP contribution in [0, 0.1) is 0 Å². The Morgan fingerprint density at radius 3 is 2.86 bits per heavy atom. The average molecular weight is 331 g/mol. The molecule has 1 fully saturated rings. The molecule has 116 valence electrons. The van der Waals surface area contributed by atoms with E-state index in [2.05, 4.69) is 5.32 Å². The van der Waals surface area contributed by atoms with Crippen LogP contribution in [0.2, 0.25) is 5.02 Å². The molecule has 0 spiro atoms. The monoisotopic (exact) mass is 330 g/mol. The smallest absolute Gasteiger partial charge is 0.251 e. The van der Waals surface area contributed by atoms with E-state index in [0.717, 1.165) is 12.8 Å². The lowest BCUT2D eigenvalue weighted by atomic mass is 10.2. The second-order valence-corrected chi connectivity index (χ2v) is 7.57. The highest BCUT2D eigenvalue weighted by Gasteiger charge is 2.24. The lowest BCUT2D eigenvalue weighted by molar-refractivity contribution is 0.0952. The standard InChI is InChI=1S/C14H19ClN2O3S/c15-13-6-3-5-12(11-13)14(18)16-7-4-9-17-8-1-2-10-21(17,19)20/h3,5-6,11H,1-2,4,7-10H2,(H,16,18). The molecule has 0 aliphatic carbocycles. The van der Waals surface area contributed by atoms with E-state index in [4.69, 9.17) is 11.6 Å². The second-order valence-electron chi connectivity index (χ2n) is 5.04. The molecule has 5 nitrogen and oxygen atoms in total. The van der Waals surface area contributed by atoms with E-state index < -0.39 is 10.0 Å². The quantitative estimate of drug-likeness (QED) is 0.838. The Morgan fingerprint density at radius 2 is 2.14 bits per heavy atom. The molecule has 1 heterocycles. The lowest BCUT2D eigenvalue weighted by Crippen LogP contribution is -2.39. The Kier molecular flexibility index (Phi) is 5.61. The topological polar surface area (TPSA) is 66.5 Å². The van der Waals surface area contributed by atoms with E-state index in [1.165, 1.54) is 4.31 Å². The molecule has 0 unspecified atom stereocenters. The first-order valence-electron chi connectivity index (χ1n) is 7.01. The number of nitrogens with one attached hydrogen (secondary N) is 1. The summed E-state index contributed by atoms with van der Waals surface area (Å²) in [7, 11) is -3.08. The van der Waals surface area contributed by atoms with Crippen LogP contribution in [0.15, 0.2) is 24.3 Å². The van der Waals surface area contributed by atoms with Crippen LogP contribution in [0.1, 0.15) is 29.6 Å². The first-order chi connectivity index (χ1) is 9.99. The van der Waals surface area contributed by atoms with E-state index in [1.54, 1.807) is 24.3 Å². The van der Waals surface area contributed by atoms with Gasteiger partial charge in [-0.15, -0.1) is 0 Å². The normalized spacial score (nSPS) is 18.3. The first-order valence-corrected chi connectivity index (χ1v) is 8.99. The van der Waals surface area contributed by atoms with E-state index in [1.807, 2.05) is 0 Å². The third-order valence-electron chi connectivity index (χ3n) is 3.41.